The molecule has 0 aromatic heterocycles. The Morgan fingerprint density at radius 1 is 1.50 bits per heavy atom. The summed E-state index contributed by atoms with van der Waals surface area (Å²) in [6.45, 7) is 1.28. The topological polar surface area (TPSA) is 55.5 Å². The van der Waals surface area contributed by atoms with Gasteiger partial charge in [0.25, 0.3) is 0 Å². The van der Waals surface area contributed by atoms with E-state index in [4.69, 9.17) is 27.2 Å². The molecule has 0 radical (unpaired) electrons. The average molecular weight is 242 g/mol. The van der Waals surface area contributed by atoms with Crippen LogP contribution in [0.1, 0.15) is 11.1 Å². The van der Waals surface area contributed by atoms with Gasteiger partial charge in [0.1, 0.15) is 5.75 Å². The lowest BCUT2D eigenvalue weighted by Crippen LogP contribution is -2.20. The molecule has 1 aliphatic rings. The monoisotopic (exact) mass is 241 g/mol. The van der Waals surface area contributed by atoms with Gasteiger partial charge in [0, 0.05) is 18.1 Å². The maximum atomic E-state index is 9.15. The minimum atomic E-state index is 0.0757. The van der Waals surface area contributed by atoms with E-state index in [0.29, 0.717) is 6.54 Å². The zero-order chi connectivity index (χ0) is 11.5. The fraction of sp³-hybridized carbons (Fsp3) is 0.500. The van der Waals surface area contributed by atoms with Crippen LogP contribution in [0.25, 0.3) is 0 Å². The zero-order valence-corrected chi connectivity index (χ0v) is 9.83. The van der Waals surface area contributed by atoms with Gasteiger partial charge in [-0.2, -0.15) is 0 Å². The van der Waals surface area contributed by atoms with Crippen molar-refractivity contribution in [2.75, 3.05) is 19.8 Å². The van der Waals surface area contributed by atoms with E-state index in [1.165, 1.54) is 0 Å². The number of hydrogen-bond donors (Lipinski definition) is 2. The number of hydrogen-bond acceptors (Lipinski definition) is 3. The highest BCUT2D eigenvalue weighted by molar-refractivity contribution is 6.30. The molecule has 2 rings (SSSR count). The van der Waals surface area contributed by atoms with Gasteiger partial charge in [-0.3, -0.25) is 0 Å². The molecule has 1 aromatic carbocycles. The van der Waals surface area contributed by atoms with Crippen LogP contribution in [-0.2, 0) is 12.8 Å². The third-order valence-corrected chi connectivity index (χ3v) is 3.14. The van der Waals surface area contributed by atoms with Gasteiger partial charge in [-0.05, 0) is 42.1 Å². The molecular weight excluding hydrogens is 226 g/mol. The summed E-state index contributed by atoms with van der Waals surface area (Å²) in [5, 5.41) is 9.88. The van der Waals surface area contributed by atoms with Gasteiger partial charge < -0.3 is 15.6 Å². The summed E-state index contributed by atoms with van der Waals surface area (Å²) in [6.07, 6.45) is 1.63. The number of halogens is 1. The van der Waals surface area contributed by atoms with Gasteiger partial charge >= 0.3 is 0 Å². The molecule has 3 nitrogen and oxygen atoms in total. The number of ether oxygens (including phenoxy) is 1. The highest BCUT2D eigenvalue weighted by atomic mass is 35.5. The van der Waals surface area contributed by atoms with Crippen molar-refractivity contribution in [1.82, 2.24) is 0 Å². The van der Waals surface area contributed by atoms with Crippen LogP contribution >= 0.6 is 11.6 Å². The lowest BCUT2D eigenvalue weighted by Gasteiger charge is -2.14. The van der Waals surface area contributed by atoms with E-state index in [1.807, 2.05) is 12.1 Å². The molecule has 0 bridgehead atoms. The van der Waals surface area contributed by atoms with Gasteiger partial charge in [-0.25, -0.2) is 0 Å². The molecule has 1 heterocycles. The predicted molar refractivity (Wildman–Crippen MR) is 64.0 cm³/mol. The Bertz CT molecular complexity index is 378. The smallest absolute Gasteiger partial charge is 0.125 e. The molecule has 1 atom stereocenters. The number of benzene rings is 1. The van der Waals surface area contributed by atoms with Crippen molar-refractivity contribution >= 4 is 11.6 Å². The number of aliphatic hydroxyl groups is 1. The third-order valence-electron chi connectivity index (χ3n) is 2.93. The highest BCUT2D eigenvalue weighted by Gasteiger charge is 2.19. The number of rotatable bonds is 4. The quantitative estimate of drug-likeness (QED) is 0.838. The predicted octanol–water partition coefficient (Wildman–Crippen LogP) is 1.38. The first-order valence-electron chi connectivity index (χ1n) is 5.49. The maximum absolute atomic E-state index is 9.15. The summed E-state index contributed by atoms with van der Waals surface area (Å²) in [4.78, 5) is 0. The molecule has 0 fully saturated rings. The summed E-state index contributed by atoms with van der Waals surface area (Å²) in [5.74, 6) is 1.02. The van der Waals surface area contributed by atoms with Crippen LogP contribution in [0, 0.1) is 5.92 Å². The van der Waals surface area contributed by atoms with Crippen LogP contribution in [0.5, 0.6) is 5.75 Å². The largest absolute Gasteiger partial charge is 0.493 e. The molecule has 3 N–H and O–H groups in total. The Hall–Kier alpha value is -0.770. The van der Waals surface area contributed by atoms with E-state index in [9.17, 15) is 0 Å². The fourth-order valence-corrected chi connectivity index (χ4v) is 2.29. The van der Waals surface area contributed by atoms with E-state index >= 15 is 0 Å². The first-order chi connectivity index (χ1) is 7.74. The molecule has 0 saturated heterocycles. The van der Waals surface area contributed by atoms with E-state index in [0.717, 1.165) is 41.3 Å². The van der Waals surface area contributed by atoms with E-state index in [-0.39, 0.29) is 12.5 Å². The van der Waals surface area contributed by atoms with Crippen molar-refractivity contribution in [3.05, 3.63) is 28.3 Å². The summed E-state index contributed by atoms with van der Waals surface area (Å²) in [6, 6.07) is 3.85. The first-order valence-corrected chi connectivity index (χ1v) is 5.87. The van der Waals surface area contributed by atoms with Gasteiger partial charge in [0.15, 0.2) is 0 Å². The van der Waals surface area contributed by atoms with Crippen molar-refractivity contribution in [3.63, 3.8) is 0 Å². The second kappa shape index (κ2) is 5.04. The van der Waals surface area contributed by atoms with E-state index in [1.54, 1.807) is 0 Å². The molecule has 0 amide bonds. The second-order valence-electron chi connectivity index (χ2n) is 4.14. The third kappa shape index (κ3) is 2.32. The molecule has 0 spiro atoms. The lowest BCUT2D eigenvalue weighted by molar-refractivity contribution is 0.228. The SMILES string of the molecule is NCC(CO)Cc1cc(Cl)cc2c1OCC2. The Balaban J connectivity index is 2.26. The van der Waals surface area contributed by atoms with Crippen molar-refractivity contribution < 1.29 is 9.84 Å². The molecular formula is C12H16ClNO2. The molecule has 16 heavy (non-hydrogen) atoms. The summed E-state index contributed by atoms with van der Waals surface area (Å²) >= 11 is 6.05. The van der Waals surface area contributed by atoms with Crippen LogP contribution in [0.15, 0.2) is 12.1 Å². The van der Waals surface area contributed by atoms with Crippen molar-refractivity contribution in [1.29, 1.82) is 0 Å². The maximum Gasteiger partial charge on any atom is 0.125 e. The standard InChI is InChI=1S/C12H16ClNO2/c13-11-4-9-1-2-16-12(9)10(5-11)3-8(6-14)7-15/h4-5,8,15H,1-3,6-7,14H2. The Morgan fingerprint density at radius 3 is 3.00 bits per heavy atom. The summed E-state index contributed by atoms with van der Waals surface area (Å²) < 4.78 is 5.59. The lowest BCUT2D eigenvalue weighted by atomic mass is 9.97. The van der Waals surface area contributed by atoms with Crippen LogP contribution in [-0.4, -0.2) is 24.9 Å². The molecule has 0 saturated carbocycles. The van der Waals surface area contributed by atoms with Crippen LogP contribution < -0.4 is 10.5 Å². The normalized spacial score (nSPS) is 15.7. The van der Waals surface area contributed by atoms with Gasteiger partial charge in [-0.1, -0.05) is 11.6 Å². The molecule has 1 aromatic rings. The first kappa shape index (κ1) is 11.7. The second-order valence-corrected chi connectivity index (χ2v) is 4.58. The number of nitrogens with two attached hydrogens (primary N) is 1. The minimum Gasteiger partial charge on any atom is -0.493 e. The van der Waals surface area contributed by atoms with Crippen LogP contribution in [0.2, 0.25) is 5.02 Å². The van der Waals surface area contributed by atoms with Crippen molar-refractivity contribution in [2.45, 2.75) is 12.8 Å². The molecule has 88 valence electrons. The van der Waals surface area contributed by atoms with Gasteiger partial charge in [0.2, 0.25) is 0 Å². The average Bonchev–Trinajstić information content (AvgIpc) is 2.73. The Labute approximate surface area is 100 Å². The van der Waals surface area contributed by atoms with E-state index in [2.05, 4.69) is 0 Å². The van der Waals surface area contributed by atoms with E-state index < -0.39 is 0 Å². The fourth-order valence-electron chi connectivity index (χ4n) is 2.03. The summed E-state index contributed by atoms with van der Waals surface area (Å²) in [5.41, 5.74) is 7.80. The molecule has 1 unspecified atom stereocenters. The Morgan fingerprint density at radius 2 is 2.31 bits per heavy atom. The zero-order valence-electron chi connectivity index (χ0n) is 9.08. The van der Waals surface area contributed by atoms with Gasteiger partial charge in [-0.15, -0.1) is 0 Å². The summed E-state index contributed by atoms with van der Waals surface area (Å²) in [7, 11) is 0. The van der Waals surface area contributed by atoms with Crippen molar-refractivity contribution in [3.8, 4) is 5.75 Å². The van der Waals surface area contributed by atoms with Gasteiger partial charge in [0.05, 0.1) is 6.61 Å². The van der Waals surface area contributed by atoms with Crippen LogP contribution in [0.3, 0.4) is 0 Å². The molecule has 1 aliphatic heterocycles. The molecule has 4 heteroatoms. The van der Waals surface area contributed by atoms with Crippen LogP contribution in [0.4, 0.5) is 0 Å². The highest BCUT2D eigenvalue weighted by Crippen LogP contribution is 2.34. The minimum absolute atomic E-state index is 0.0757. The molecule has 0 aliphatic carbocycles. The number of fused-ring (bicyclic) bond motifs is 1. The van der Waals surface area contributed by atoms with Crippen molar-refractivity contribution in [2.24, 2.45) is 11.7 Å². The number of aliphatic hydroxyl groups excluding tert-OH is 1. The Kier molecular flexibility index (Phi) is 3.69.